The number of benzene rings is 1. The quantitative estimate of drug-likeness (QED) is 0.591. The van der Waals surface area contributed by atoms with E-state index >= 15 is 0 Å². The zero-order valence-corrected chi connectivity index (χ0v) is 13.3. The van der Waals surface area contributed by atoms with E-state index in [-0.39, 0.29) is 12.0 Å². The fraction of sp³-hybridized carbons (Fsp3) is 0.385. The number of rotatable bonds is 1. The number of hydrogen-bond acceptors (Lipinski definition) is 4. The third kappa shape index (κ3) is 1.88. The molecule has 0 saturated carbocycles. The van der Waals surface area contributed by atoms with Crippen molar-refractivity contribution < 1.29 is 14.3 Å². The van der Waals surface area contributed by atoms with Crippen LogP contribution in [0.3, 0.4) is 0 Å². The van der Waals surface area contributed by atoms with Crippen LogP contribution in [0.1, 0.15) is 18.5 Å². The second-order valence-corrected chi connectivity index (χ2v) is 6.21. The molecule has 0 amide bonds. The molecule has 0 aromatic heterocycles. The summed E-state index contributed by atoms with van der Waals surface area (Å²) >= 11 is 8.68. The monoisotopic (exact) mass is 356 g/mol. The van der Waals surface area contributed by atoms with E-state index in [1.165, 1.54) is 7.11 Å². The number of para-hydroxylation sites is 1. The number of esters is 1. The molecular formula is C13H13BrN2O3S. The predicted octanol–water partition coefficient (Wildman–Crippen LogP) is 1.87. The second-order valence-electron chi connectivity index (χ2n) is 4.94. The lowest BCUT2D eigenvalue weighted by Gasteiger charge is -2.50. The van der Waals surface area contributed by atoms with Crippen LogP contribution >= 0.6 is 28.1 Å². The van der Waals surface area contributed by atoms with Crippen LogP contribution in [0.4, 0.5) is 0 Å². The lowest BCUT2D eigenvalue weighted by atomic mass is 9.80. The highest BCUT2D eigenvalue weighted by Gasteiger charge is 2.55. The van der Waals surface area contributed by atoms with Gasteiger partial charge in [-0.2, -0.15) is 0 Å². The van der Waals surface area contributed by atoms with E-state index in [9.17, 15) is 4.79 Å². The maximum absolute atomic E-state index is 12.1. The van der Waals surface area contributed by atoms with Crippen LogP contribution in [0.25, 0.3) is 0 Å². The van der Waals surface area contributed by atoms with Crippen molar-refractivity contribution in [1.29, 1.82) is 0 Å². The molecule has 2 heterocycles. The summed E-state index contributed by atoms with van der Waals surface area (Å²) in [6.45, 7) is 1.80. The summed E-state index contributed by atoms with van der Waals surface area (Å²) < 4.78 is 11.8. The first-order valence-electron chi connectivity index (χ1n) is 6.10. The molecule has 2 N–H and O–H groups in total. The average molecular weight is 357 g/mol. The van der Waals surface area contributed by atoms with E-state index < -0.39 is 11.6 Å². The third-order valence-electron chi connectivity index (χ3n) is 3.68. The Morgan fingerprint density at radius 2 is 2.30 bits per heavy atom. The number of methoxy groups -OCH3 is 1. The molecule has 1 aromatic carbocycles. The first-order chi connectivity index (χ1) is 9.46. The van der Waals surface area contributed by atoms with Crippen LogP contribution in [0, 0.1) is 5.92 Å². The molecule has 3 atom stereocenters. The summed E-state index contributed by atoms with van der Waals surface area (Å²) in [4.78, 5) is 12.1. The minimum Gasteiger partial charge on any atom is -0.469 e. The Morgan fingerprint density at radius 3 is 3.00 bits per heavy atom. The van der Waals surface area contributed by atoms with Gasteiger partial charge in [0.15, 0.2) is 10.8 Å². The summed E-state index contributed by atoms with van der Waals surface area (Å²) in [6.07, 6.45) is 0. The Bertz CT molecular complexity index is 609. The zero-order chi connectivity index (χ0) is 14.5. The van der Waals surface area contributed by atoms with Gasteiger partial charge in [-0.05, 0) is 41.1 Å². The van der Waals surface area contributed by atoms with Crippen LogP contribution in [-0.4, -0.2) is 23.9 Å². The fourth-order valence-corrected chi connectivity index (χ4v) is 3.60. The number of ether oxygens (including phenoxy) is 2. The predicted molar refractivity (Wildman–Crippen MR) is 80.3 cm³/mol. The van der Waals surface area contributed by atoms with Crippen molar-refractivity contribution in [3.05, 3.63) is 28.2 Å². The second kappa shape index (κ2) is 4.60. The molecule has 2 aliphatic rings. The summed E-state index contributed by atoms with van der Waals surface area (Å²) in [5.74, 6) is -0.158. The topological polar surface area (TPSA) is 59.6 Å². The maximum Gasteiger partial charge on any atom is 0.317 e. The number of thiocarbonyl (C=S) groups is 1. The average Bonchev–Trinajstić information content (AvgIpc) is 2.38. The third-order valence-corrected chi connectivity index (χ3v) is 4.52. The normalized spacial score (nSPS) is 30.4. The van der Waals surface area contributed by atoms with Gasteiger partial charge in [0.1, 0.15) is 11.7 Å². The van der Waals surface area contributed by atoms with Gasteiger partial charge in [0, 0.05) is 5.56 Å². The van der Waals surface area contributed by atoms with Gasteiger partial charge >= 0.3 is 5.97 Å². The smallest absolute Gasteiger partial charge is 0.317 e. The molecule has 0 radical (unpaired) electrons. The summed E-state index contributed by atoms with van der Waals surface area (Å²) in [6, 6.07) is 5.44. The van der Waals surface area contributed by atoms with E-state index in [0.717, 1.165) is 10.0 Å². The molecule has 2 aliphatic heterocycles. The molecular weight excluding hydrogens is 344 g/mol. The highest BCUT2D eigenvalue weighted by Crippen LogP contribution is 2.47. The molecule has 5 nitrogen and oxygen atoms in total. The van der Waals surface area contributed by atoms with Crippen LogP contribution in [0.5, 0.6) is 5.75 Å². The van der Waals surface area contributed by atoms with E-state index in [4.69, 9.17) is 21.7 Å². The number of hydrogen-bond donors (Lipinski definition) is 2. The van der Waals surface area contributed by atoms with Gasteiger partial charge in [0.2, 0.25) is 0 Å². The van der Waals surface area contributed by atoms with Crippen LogP contribution < -0.4 is 15.4 Å². The lowest BCUT2D eigenvalue weighted by Crippen LogP contribution is -2.70. The minimum absolute atomic E-state index is 0.276. The molecule has 2 bridgehead atoms. The molecule has 0 aliphatic carbocycles. The van der Waals surface area contributed by atoms with E-state index in [0.29, 0.717) is 10.9 Å². The first-order valence-corrected chi connectivity index (χ1v) is 7.30. The highest BCUT2D eigenvalue weighted by atomic mass is 79.9. The minimum atomic E-state index is -0.934. The van der Waals surface area contributed by atoms with Gasteiger partial charge in [0.25, 0.3) is 0 Å². The molecule has 106 valence electrons. The van der Waals surface area contributed by atoms with Gasteiger partial charge in [-0.1, -0.05) is 12.1 Å². The molecule has 7 heteroatoms. The van der Waals surface area contributed by atoms with Gasteiger partial charge in [-0.15, -0.1) is 0 Å². The number of nitrogens with one attached hydrogen (secondary N) is 2. The number of carbonyl (C=O) groups is 1. The molecule has 3 rings (SSSR count). The van der Waals surface area contributed by atoms with E-state index in [1.54, 1.807) is 6.92 Å². The van der Waals surface area contributed by atoms with Gasteiger partial charge < -0.3 is 20.1 Å². The SMILES string of the molecule is COC(=O)C1C2NC(=S)NC1(C)Oc1c(Br)cccc12. The maximum atomic E-state index is 12.1. The Balaban J connectivity index is 2.18. The van der Waals surface area contributed by atoms with Crippen molar-refractivity contribution in [3.63, 3.8) is 0 Å². The fourth-order valence-electron chi connectivity index (χ4n) is 2.81. The van der Waals surface area contributed by atoms with Gasteiger partial charge in [0.05, 0.1) is 17.6 Å². The van der Waals surface area contributed by atoms with Crippen molar-refractivity contribution >= 4 is 39.2 Å². The summed E-state index contributed by atoms with van der Waals surface area (Å²) in [5, 5.41) is 6.64. The van der Waals surface area contributed by atoms with Crippen molar-refractivity contribution in [1.82, 2.24) is 10.6 Å². The van der Waals surface area contributed by atoms with Gasteiger partial charge in [-0.25, -0.2) is 0 Å². The highest BCUT2D eigenvalue weighted by molar-refractivity contribution is 9.10. The Hall–Kier alpha value is -1.34. The number of carbonyl (C=O) groups excluding carboxylic acids is 1. The molecule has 0 spiro atoms. The standard InChI is InChI=1S/C13H13BrN2O3S/c1-13-8(11(17)18-2)9(15-12(20)16-13)6-4-3-5-7(14)10(6)19-13/h3-5,8-9H,1-2H3,(H2,15,16,20). The molecule has 1 aromatic rings. The lowest BCUT2D eigenvalue weighted by molar-refractivity contribution is -0.159. The number of halogens is 1. The molecule has 1 fully saturated rings. The Kier molecular flexibility index (Phi) is 3.13. The first kappa shape index (κ1) is 13.6. The zero-order valence-electron chi connectivity index (χ0n) is 10.9. The van der Waals surface area contributed by atoms with Crippen molar-refractivity contribution in [2.45, 2.75) is 18.7 Å². The van der Waals surface area contributed by atoms with Crippen molar-refractivity contribution in [2.75, 3.05) is 7.11 Å². The molecule has 20 heavy (non-hydrogen) atoms. The van der Waals surface area contributed by atoms with Crippen molar-refractivity contribution in [3.8, 4) is 5.75 Å². The van der Waals surface area contributed by atoms with Crippen LogP contribution in [0.2, 0.25) is 0 Å². The van der Waals surface area contributed by atoms with Gasteiger partial charge in [-0.3, -0.25) is 4.79 Å². The molecule has 1 saturated heterocycles. The van der Waals surface area contributed by atoms with Crippen molar-refractivity contribution in [2.24, 2.45) is 5.92 Å². The van der Waals surface area contributed by atoms with E-state index in [1.807, 2.05) is 18.2 Å². The van der Waals surface area contributed by atoms with Crippen LogP contribution in [-0.2, 0) is 9.53 Å². The Labute approximate surface area is 130 Å². The summed E-state index contributed by atoms with van der Waals surface area (Å²) in [5.41, 5.74) is -0.0483. The Morgan fingerprint density at radius 1 is 1.55 bits per heavy atom. The number of fused-ring (bicyclic) bond motifs is 4. The largest absolute Gasteiger partial charge is 0.469 e. The summed E-state index contributed by atoms with van der Waals surface area (Å²) in [7, 11) is 1.37. The van der Waals surface area contributed by atoms with Crippen LogP contribution in [0.15, 0.2) is 22.7 Å². The van der Waals surface area contributed by atoms with E-state index in [2.05, 4.69) is 26.6 Å². The molecule has 3 unspecified atom stereocenters.